The molecule has 1 aromatic rings. The highest BCUT2D eigenvalue weighted by molar-refractivity contribution is 5.74. The van der Waals surface area contributed by atoms with E-state index < -0.39 is 0 Å². The number of hydrogen-bond acceptors (Lipinski definition) is 3. The zero-order valence-electron chi connectivity index (χ0n) is 9.78. The van der Waals surface area contributed by atoms with Crippen molar-refractivity contribution < 1.29 is 9.53 Å². The van der Waals surface area contributed by atoms with E-state index in [0.717, 1.165) is 5.56 Å². The topological polar surface area (TPSA) is 63.2 Å². The highest BCUT2D eigenvalue weighted by atomic mass is 16.5. The number of carbonyl (C=O) groups is 1. The Kier molecular flexibility index (Phi) is 4.57. The van der Waals surface area contributed by atoms with Crippen LogP contribution in [-0.4, -0.2) is 24.2 Å². The van der Waals surface area contributed by atoms with Gasteiger partial charge in [0.15, 0.2) is 0 Å². The number of hydrogen-bond donors (Lipinski definition) is 2. The Labute approximate surface area is 95.2 Å². The van der Waals surface area contributed by atoms with Crippen LogP contribution in [0.3, 0.4) is 0 Å². The molecule has 0 aliphatic heterocycles. The van der Waals surface area contributed by atoms with Crippen LogP contribution in [0.1, 0.15) is 19.4 Å². The lowest BCUT2D eigenvalue weighted by Gasteiger charge is -2.10. The van der Waals surface area contributed by atoms with Crippen molar-refractivity contribution in [1.82, 2.24) is 15.6 Å². The number of carbonyl (C=O) groups excluding carboxylic acids is 1. The van der Waals surface area contributed by atoms with Crippen molar-refractivity contribution in [3.05, 3.63) is 23.9 Å². The van der Waals surface area contributed by atoms with Crippen molar-refractivity contribution in [1.29, 1.82) is 0 Å². The largest absolute Gasteiger partial charge is 0.481 e. The normalized spacial score (nSPS) is 10.0. The fraction of sp³-hybridized carbons (Fsp3) is 0.455. The van der Waals surface area contributed by atoms with Crippen molar-refractivity contribution in [3.8, 4) is 5.88 Å². The van der Waals surface area contributed by atoms with E-state index in [-0.39, 0.29) is 12.1 Å². The number of aromatic nitrogens is 1. The first kappa shape index (κ1) is 12.3. The molecule has 0 radical (unpaired) electrons. The number of nitrogens with zero attached hydrogens (tertiary/aromatic N) is 1. The van der Waals surface area contributed by atoms with E-state index >= 15 is 0 Å². The first-order chi connectivity index (χ1) is 7.61. The summed E-state index contributed by atoms with van der Waals surface area (Å²) < 4.78 is 4.94. The zero-order chi connectivity index (χ0) is 12.0. The van der Waals surface area contributed by atoms with Crippen LogP contribution in [0.5, 0.6) is 5.88 Å². The molecular formula is C11H17N3O2. The molecule has 0 aromatic carbocycles. The van der Waals surface area contributed by atoms with Crippen LogP contribution in [0.2, 0.25) is 0 Å². The van der Waals surface area contributed by atoms with E-state index in [0.29, 0.717) is 12.4 Å². The van der Waals surface area contributed by atoms with Crippen LogP contribution in [0, 0.1) is 0 Å². The third kappa shape index (κ3) is 4.16. The van der Waals surface area contributed by atoms with E-state index in [1.54, 1.807) is 19.4 Å². The molecule has 0 bridgehead atoms. The van der Waals surface area contributed by atoms with Crippen molar-refractivity contribution in [2.45, 2.75) is 26.4 Å². The second-order valence-electron chi connectivity index (χ2n) is 3.69. The van der Waals surface area contributed by atoms with Crippen molar-refractivity contribution in [2.75, 3.05) is 7.11 Å². The van der Waals surface area contributed by atoms with E-state index in [2.05, 4.69) is 15.6 Å². The van der Waals surface area contributed by atoms with Gasteiger partial charge in [-0.25, -0.2) is 9.78 Å². The van der Waals surface area contributed by atoms with Gasteiger partial charge in [0.2, 0.25) is 5.88 Å². The highest BCUT2D eigenvalue weighted by Crippen LogP contribution is 2.05. The maximum atomic E-state index is 11.3. The molecule has 1 heterocycles. The van der Waals surface area contributed by atoms with Gasteiger partial charge in [-0.15, -0.1) is 0 Å². The van der Waals surface area contributed by atoms with Crippen LogP contribution in [0.15, 0.2) is 18.3 Å². The maximum Gasteiger partial charge on any atom is 0.315 e. The molecule has 5 heteroatoms. The minimum Gasteiger partial charge on any atom is -0.481 e. The molecule has 1 aromatic heterocycles. The van der Waals surface area contributed by atoms with Gasteiger partial charge in [-0.05, 0) is 19.4 Å². The lowest BCUT2D eigenvalue weighted by molar-refractivity contribution is 0.238. The molecule has 2 amide bonds. The summed E-state index contributed by atoms with van der Waals surface area (Å²) in [4.78, 5) is 15.3. The molecule has 88 valence electrons. The predicted molar refractivity (Wildman–Crippen MR) is 61.3 cm³/mol. The van der Waals surface area contributed by atoms with Gasteiger partial charge in [0.1, 0.15) is 0 Å². The minimum absolute atomic E-state index is 0.133. The standard InChI is InChI=1S/C11H17N3O2/c1-8(2)14-11(15)13-7-9-4-5-10(16-3)12-6-9/h4-6,8H,7H2,1-3H3,(H2,13,14,15). The molecule has 0 saturated heterocycles. The molecule has 0 aliphatic rings. The molecule has 0 unspecified atom stereocenters. The van der Waals surface area contributed by atoms with Crippen molar-refractivity contribution >= 4 is 6.03 Å². The molecular weight excluding hydrogens is 206 g/mol. The highest BCUT2D eigenvalue weighted by Gasteiger charge is 2.02. The second-order valence-corrected chi connectivity index (χ2v) is 3.69. The molecule has 0 atom stereocenters. The molecule has 0 saturated carbocycles. The number of nitrogens with one attached hydrogen (secondary N) is 2. The average Bonchev–Trinajstić information content (AvgIpc) is 2.26. The van der Waals surface area contributed by atoms with Crippen LogP contribution in [0.4, 0.5) is 4.79 Å². The summed E-state index contributed by atoms with van der Waals surface area (Å²) in [6, 6.07) is 3.58. The Morgan fingerprint density at radius 3 is 2.75 bits per heavy atom. The van der Waals surface area contributed by atoms with Crippen molar-refractivity contribution in [2.24, 2.45) is 0 Å². The van der Waals surface area contributed by atoms with Crippen LogP contribution in [-0.2, 0) is 6.54 Å². The van der Waals surface area contributed by atoms with Crippen LogP contribution < -0.4 is 15.4 Å². The Morgan fingerprint density at radius 1 is 1.50 bits per heavy atom. The molecule has 0 aliphatic carbocycles. The summed E-state index contributed by atoms with van der Waals surface area (Å²) in [7, 11) is 1.57. The average molecular weight is 223 g/mol. The third-order valence-electron chi connectivity index (χ3n) is 1.88. The third-order valence-corrected chi connectivity index (χ3v) is 1.88. The number of amides is 2. The van der Waals surface area contributed by atoms with Gasteiger partial charge in [-0.1, -0.05) is 6.07 Å². The fourth-order valence-electron chi connectivity index (χ4n) is 1.13. The summed E-state index contributed by atoms with van der Waals surface area (Å²) in [5.74, 6) is 0.565. The SMILES string of the molecule is COc1ccc(CNC(=O)NC(C)C)cn1. The number of urea groups is 1. The smallest absolute Gasteiger partial charge is 0.315 e. The van der Waals surface area contributed by atoms with Gasteiger partial charge in [0.05, 0.1) is 7.11 Å². The van der Waals surface area contributed by atoms with Gasteiger partial charge >= 0.3 is 6.03 Å². The molecule has 0 fully saturated rings. The minimum atomic E-state index is -0.175. The Bertz CT molecular complexity index is 336. The first-order valence-electron chi connectivity index (χ1n) is 5.15. The van der Waals surface area contributed by atoms with E-state index in [4.69, 9.17) is 4.74 Å². The predicted octanol–water partition coefficient (Wildman–Crippen LogP) is 1.30. The fourth-order valence-corrected chi connectivity index (χ4v) is 1.13. The van der Waals surface area contributed by atoms with E-state index in [1.807, 2.05) is 19.9 Å². The maximum absolute atomic E-state index is 11.3. The summed E-state index contributed by atoms with van der Waals surface area (Å²) in [6.07, 6.45) is 1.68. The lowest BCUT2D eigenvalue weighted by Crippen LogP contribution is -2.39. The van der Waals surface area contributed by atoms with Gasteiger partial charge in [0.25, 0.3) is 0 Å². The molecule has 2 N–H and O–H groups in total. The monoisotopic (exact) mass is 223 g/mol. The quantitative estimate of drug-likeness (QED) is 0.808. The van der Waals surface area contributed by atoms with E-state index in [1.165, 1.54) is 0 Å². The van der Waals surface area contributed by atoms with Crippen molar-refractivity contribution in [3.63, 3.8) is 0 Å². The number of methoxy groups -OCH3 is 1. The summed E-state index contributed by atoms with van der Waals surface area (Å²) in [5, 5.41) is 5.48. The lowest BCUT2D eigenvalue weighted by atomic mass is 10.3. The number of pyridine rings is 1. The van der Waals surface area contributed by atoms with Crippen LogP contribution in [0.25, 0.3) is 0 Å². The molecule has 5 nitrogen and oxygen atoms in total. The van der Waals surface area contributed by atoms with E-state index in [9.17, 15) is 4.79 Å². The Morgan fingerprint density at radius 2 is 2.25 bits per heavy atom. The molecule has 16 heavy (non-hydrogen) atoms. The Balaban J connectivity index is 2.39. The Hall–Kier alpha value is -1.78. The first-order valence-corrected chi connectivity index (χ1v) is 5.15. The van der Waals surface area contributed by atoms with Gasteiger partial charge in [-0.2, -0.15) is 0 Å². The van der Waals surface area contributed by atoms with Crippen LogP contribution >= 0.6 is 0 Å². The van der Waals surface area contributed by atoms with Gasteiger partial charge < -0.3 is 15.4 Å². The molecule has 1 rings (SSSR count). The zero-order valence-corrected chi connectivity index (χ0v) is 9.78. The second kappa shape index (κ2) is 5.95. The summed E-state index contributed by atoms with van der Waals surface area (Å²) >= 11 is 0. The molecule has 0 spiro atoms. The number of ether oxygens (including phenoxy) is 1. The number of rotatable bonds is 4. The van der Waals surface area contributed by atoms with Gasteiger partial charge in [0, 0.05) is 24.8 Å². The van der Waals surface area contributed by atoms with Gasteiger partial charge in [-0.3, -0.25) is 0 Å². The summed E-state index contributed by atoms with van der Waals surface area (Å²) in [5.41, 5.74) is 0.930. The summed E-state index contributed by atoms with van der Waals surface area (Å²) in [6.45, 7) is 4.28.